The predicted molar refractivity (Wildman–Crippen MR) is 99.1 cm³/mol. The second-order valence-electron chi connectivity index (χ2n) is 5.48. The van der Waals surface area contributed by atoms with Crippen molar-refractivity contribution in [3.63, 3.8) is 0 Å². The topological polar surface area (TPSA) is 131 Å². The van der Waals surface area contributed by atoms with Crippen LogP contribution in [-0.4, -0.2) is 54.6 Å². The average Bonchev–Trinajstić information content (AvgIpc) is 3.01. The Labute approximate surface area is 158 Å². The number of guanidine groups is 1. The Balaban J connectivity index is 2.25. The molecular weight excluding hydrogens is 387 g/mol. The van der Waals surface area contributed by atoms with Crippen LogP contribution in [0.1, 0.15) is 25.0 Å². The maximum Gasteiger partial charge on any atom is 0.408 e. The van der Waals surface area contributed by atoms with E-state index in [-0.39, 0.29) is 12.5 Å². The van der Waals surface area contributed by atoms with Gasteiger partial charge in [-0.3, -0.25) is 15.1 Å². The van der Waals surface area contributed by atoms with Crippen LogP contribution in [0.2, 0.25) is 0 Å². The number of unbranched alkanes of at least 4 members (excludes halogenated alkanes) is 2. The standard InChI is InChI=1S/C14H22F3N7O2S/c1-19-11(7-24(25)26)20-6-4-2-3-5-10-8-27-13(22-10)23-12(18)21-9-14(15,16)17/h8H,2-7,9H2,1H3,(H,19,20)(H3,18,21,22,23). The van der Waals surface area contributed by atoms with E-state index in [9.17, 15) is 23.3 Å². The van der Waals surface area contributed by atoms with Crippen molar-refractivity contribution in [2.45, 2.75) is 31.9 Å². The lowest BCUT2D eigenvalue weighted by atomic mass is 10.1. The number of nitrogens with two attached hydrogens (primary N) is 1. The van der Waals surface area contributed by atoms with Crippen molar-refractivity contribution in [1.29, 1.82) is 0 Å². The Morgan fingerprint density at radius 2 is 2.15 bits per heavy atom. The second kappa shape index (κ2) is 11.3. The van der Waals surface area contributed by atoms with Gasteiger partial charge in [-0.1, -0.05) is 6.42 Å². The molecule has 0 unspecified atom stereocenters. The molecule has 0 spiro atoms. The van der Waals surface area contributed by atoms with E-state index >= 15 is 0 Å². The molecule has 4 N–H and O–H groups in total. The molecule has 13 heteroatoms. The van der Waals surface area contributed by atoms with Crippen LogP contribution in [-0.2, 0) is 6.42 Å². The molecule has 0 fully saturated rings. The highest BCUT2D eigenvalue weighted by atomic mass is 32.1. The van der Waals surface area contributed by atoms with Gasteiger partial charge in [-0.05, 0) is 19.3 Å². The molecule has 27 heavy (non-hydrogen) atoms. The molecule has 1 rings (SSSR count). The Kier molecular flexibility index (Phi) is 9.47. The molecule has 0 amide bonds. The van der Waals surface area contributed by atoms with Gasteiger partial charge < -0.3 is 16.4 Å². The van der Waals surface area contributed by atoms with Crippen LogP contribution in [0.4, 0.5) is 18.3 Å². The van der Waals surface area contributed by atoms with Crippen molar-refractivity contribution >= 4 is 28.3 Å². The molecule has 0 aliphatic rings. The van der Waals surface area contributed by atoms with Gasteiger partial charge in [-0.2, -0.15) is 13.2 Å². The number of thiazole rings is 1. The summed E-state index contributed by atoms with van der Waals surface area (Å²) in [5.74, 6) is 0.0161. The first kappa shape index (κ1) is 22.6. The molecule has 0 bridgehead atoms. The molecule has 1 aromatic rings. The second-order valence-corrected chi connectivity index (χ2v) is 6.34. The minimum absolute atomic E-state index is 0.319. The molecule has 0 radical (unpaired) electrons. The Bertz CT molecular complexity index is 661. The predicted octanol–water partition coefficient (Wildman–Crippen LogP) is 2.04. The van der Waals surface area contributed by atoms with Gasteiger partial charge in [0.2, 0.25) is 0 Å². The summed E-state index contributed by atoms with van der Waals surface area (Å²) in [6, 6.07) is 0. The number of amidine groups is 1. The van der Waals surface area contributed by atoms with Gasteiger partial charge in [0.1, 0.15) is 6.54 Å². The third kappa shape index (κ3) is 11.0. The number of hydrogen-bond acceptors (Lipinski definition) is 6. The van der Waals surface area contributed by atoms with Crippen LogP contribution < -0.4 is 16.4 Å². The number of alkyl halides is 3. The van der Waals surface area contributed by atoms with Gasteiger partial charge in [0.25, 0.3) is 6.54 Å². The van der Waals surface area contributed by atoms with Crippen molar-refractivity contribution in [3.05, 3.63) is 21.2 Å². The lowest BCUT2D eigenvalue weighted by molar-refractivity contribution is -0.463. The summed E-state index contributed by atoms with van der Waals surface area (Å²) in [6.07, 6.45) is -1.12. The van der Waals surface area contributed by atoms with E-state index in [4.69, 9.17) is 5.73 Å². The maximum absolute atomic E-state index is 12.1. The first-order chi connectivity index (χ1) is 12.7. The van der Waals surface area contributed by atoms with Crippen molar-refractivity contribution in [2.24, 2.45) is 15.7 Å². The fourth-order valence-electron chi connectivity index (χ4n) is 1.97. The summed E-state index contributed by atoms with van der Waals surface area (Å²) in [5.41, 5.74) is 6.20. The molecule has 152 valence electrons. The molecule has 9 nitrogen and oxygen atoms in total. The van der Waals surface area contributed by atoms with Crippen LogP contribution in [0.15, 0.2) is 15.4 Å². The normalized spacial score (nSPS) is 12.9. The molecule has 0 aliphatic heterocycles. The Hall–Kier alpha value is -2.44. The zero-order chi connectivity index (χ0) is 20.3. The molecular formula is C14H22F3N7O2S. The zero-order valence-corrected chi connectivity index (χ0v) is 15.6. The van der Waals surface area contributed by atoms with Crippen LogP contribution in [0.25, 0.3) is 0 Å². The lowest BCUT2D eigenvalue weighted by Gasteiger charge is -2.05. The SMILES string of the molecule is CN=C(C[N+](=O)[O-])NCCCCCc1csc(NC(N)=NCC(F)(F)F)n1. The molecule has 0 saturated carbocycles. The fraction of sp³-hybridized carbons (Fsp3) is 0.643. The quantitative estimate of drug-likeness (QED) is 0.178. The van der Waals surface area contributed by atoms with E-state index in [2.05, 4.69) is 25.6 Å². The van der Waals surface area contributed by atoms with Crippen LogP contribution in [0, 0.1) is 10.1 Å². The number of aryl methyl sites for hydroxylation is 1. The van der Waals surface area contributed by atoms with E-state index in [0.717, 1.165) is 25.0 Å². The van der Waals surface area contributed by atoms with E-state index < -0.39 is 17.6 Å². The number of rotatable bonds is 10. The van der Waals surface area contributed by atoms with Crippen LogP contribution in [0.3, 0.4) is 0 Å². The molecule has 1 heterocycles. The fourth-order valence-corrected chi connectivity index (χ4v) is 2.72. The number of anilines is 1. The van der Waals surface area contributed by atoms with Crippen LogP contribution >= 0.6 is 11.3 Å². The first-order valence-corrected chi connectivity index (χ1v) is 8.97. The van der Waals surface area contributed by atoms with E-state index in [1.165, 1.54) is 18.4 Å². The largest absolute Gasteiger partial charge is 0.408 e. The maximum atomic E-state index is 12.1. The van der Waals surface area contributed by atoms with Gasteiger partial charge in [0.05, 0.1) is 5.69 Å². The summed E-state index contributed by atoms with van der Waals surface area (Å²) in [6.45, 7) is -1.07. The van der Waals surface area contributed by atoms with Crippen molar-refractivity contribution in [1.82, 2.24) is 10.3 Å². The number of nitro groups is 1. The number of aromatic nitrogens is 1. The minimum atomic E-state index is -4.40. The van der Waals surface area contributed by atoms with Gasteiger partial charge >= 0.3 is 6.18 Å². The third-order valence-electron chi connectivity index (χ3n) is 3.20. The number of aliphatic imine (C=N–C) groups is 2. The first-order valence-electron chi connectivity index (χ1n) is 8.09. The van der Waals surface area contributed by atoms with Crippen LogP contribution in [0.5, 0.6) is 0 Å². The van der Waals surface area contributed by atoms with Crippen molar-refractivity contribution in [3.8, 4) is 0 Å². The van der Waals surface area contributed by atoms with E-state index in [0.29, 0.717) is 23.9 Å². The van der Waals surface area contributed by atoms with Gasteiger partial charge in [-0.15, -0.1) is 11.3 Å². The third-order valence-corrected chi connectivity index (χ3v) is 4.01. The molecule has 0 saturated heterocycles. The molecule has 0 aliphatic carbocycles. The highest BCUT2D eigenvalue weighted by molar-refractivity contribution is 7.13. The smallest absolute Gasteiger partial charge is 0.370 e. The summed E-state index contributed by atoms with van der Waals surface area (Å²) in [4.78, 5) is 21.2. The minimum Gasteiger partial charge on any atom is -0.370 e. The van der Waals surface area contributed by atoms with Crippen molar-refractivity contribution < 1.29 is 18.1 Å². The van der Waals surface area contributed by atoms with E-state index in [1.54, 1.807) is 5.38 Å². The number of nitrogens with one attached hydrogen (secondary N) is 2. The van der Waals surface area contributed by atoms with Gasteiger partial charge in [0.15, 0.2) is 16.9 Å². The summed E-state index contributed by atoms with van der Waals surface area (Å²) >= 11 is 1.24. The summed E-state index contributed by atoms with van der Waals surface area (Å²) in [7, 11) is 1.50. The summed E-state index contributed by atoms with van der Waals surface area (Å²) < 4.78 is 36.2. The molecule has 1 aromatic heterocycles. The average molecular weight is 409 g/mol. The highest BCUT2D eigenvalue weighted by Crippen LogP contribution is 2.18. The van der Waals surface area contributed by atoms with E-state index in [1.807, 2.05) is 0 Å². The Morgan fingerprint density at radius 3 is 2.78 bits per heavy atom. The lowest BCUT2D eigenvalue weighted by Crippen LogP contribution is -2.30. The number of hydrogen-bond donors (Lipinski definition) is 3. The zero-order valence-electron chi connectivity index (χ0n) is 14.8. The summed E-state index contributed by atoms with van der Waals surface area (Å²) in [5, 5.41) is 18.1. The Morgan fingerprint density at radius 1 is 1.41 bits per heavy atom. The number of halogens is 3. The van der Waals surface area contributed by atoms with Gasteiger partial charge in [-0.25, -0.2) is 9.98 Å². The highest BCUT2D eigenvalue weighted by Gasteiger charge is 2.26. The monoisotopic (exact) mass is 409 g/mol. The number of nitrogens with zero attached hydrogens (tertiary/aromatic N) is 4. The van der Waals surface area contributed by atoms with Crippen molar-refractivity contribution in [2.75, 3.05) is 32.0 Å². The molecule has 0 atom stereocenters. The molecule has 0 aromatic carbocycles. The van der Waals surface area contributed by atoms with Gasteiger partial charge in [0, 0.05) is 23.9 Å².